The minimum absolute atomic E-state index is 0.515. The van der Waals surface area contributed by atoms with Gasteiger partial charge in [-0.25, -0.2) is 4.98 Å². The van der Waals surface area contributed by atoms with Gasteiger partial charge in [-0.1, -0.05) is 37.6 Å². The Kier molecular flexibility index (Phi) is 4.30. The molecule has 94 valence electrons. The van der Waals surface area contributed by atoms with E-state index in [4.69, 9.17) is 5.73 Å². The third-order valence-electron chi connectivity index (χ3n) is 2.41. The Balaban J connectivity index is 1.92. The van der Waals surface area contributed by atoms with Crippen molar-refractivity contribution >= 4 is 28.5 Å². The number of anilines is 2. The Morgan fingerprint density at radius 3 is 2.78 bits per heavy atom. The topological polar surface area (TPSA) is 63.3 Å². The van der Waals surface area contributed by atoms with Crippen LogP contribution in [0.3, 0.4) is 0 Å². The average molecular weight is 260 g/mol. The van der Waals surface area contributed by atoms with Crippen LogP contribution in [0.1, 0.15) is 24.5 Å². The lowest BCUT2D eigenvalue weighted by atomic mass is 10.1. The van der Waals surface area contributed by atoms with Gasteiger partial charge >= 0.3 is 0 Å². The zero-order chi connectivity index (χ0) is 12.8. The van der Waals surface area contributed by atoms with Gasteiger partial charge in [0.1, 0.15) is 5.82 Å². The summed E-state index contributed by atoms with van der Waals surface area (Å²) in [7, 11) is 0. The van der Waals surface area contributed by atoms with Crippen molar-refractivity contribution in [2.24, 2.45) is 5.10 Å². The van der Waals surface area contributed by atoms with Crippen LogP contribution in [-0.2, 0) is 6.42 Å². The molecule has 0 aliphatic rings. The Bertz CT molecular complexity index is 516. The van der Waals surface area contributed by atoms with E-state index in [1.54, 1.807) is 11.6 Å². The van der Waals surface area contributed by atoms with Crippen molar-refractivity contribution in [2.75, 3.05) is 11.2 Å². The number of nitrogens with zero attached hydrogens (tertiary/aromatic N) is 2. The van der Waals surface area contributed by atoms with Crippen molar-refractivity contribution in [3.63, 3.8) is 0 Å². The van der Waals surface area contributed by atoms with E-state index >= 15 is 0 Å². The second kappa shape index (κ2) is 6.16. The second-order valence-corrected chi connectivity index (χ2v) is 4.80. The van der Waals surface area contributed by atoms with E-state index in [0.29, 0.717) is 10.9 Å². The molecule has 0 saturated heterocycles. The van der Waals surface area contributed by atoms with Crippen LogP contribution in [0, 0.1) is 0 Å². The van der Waals surface area contributed by atoms with Gasteiger partial charge in [-0.05, 0) is 17.5 Å². The Hall–Kier alpha value is -1.88. The Morgan fingerprint density at radius 2 is 2.17 bits per heavy atom. The lowest BCUT2D eigenvalue weighted by Crippen LogP contribution is -1.91. The van der Waals surface area contributed by atoms with Gasteiger partial charge in [0.05, 0.1) is 6.21 Å². The summed E-state index contributed by atoms with van der Waals surface area (Å²) in [6, 6.07) is 8.39. The minimum Gasteiger partial charge on any atom is -0.383 e. The zero-order valence-corrected chi connectivity index (χ0v) is 11.1. The van der Waals surface area contributed by atoms with Crippen molar-refractivity contribution in [3.8, 4) is 0 Å². The molecule has 0 spiro atoms. The number of hydrazone groups is 1. The van der Waals surface area contributed by atoms with Crippen LogP contribution in [0.15, 0.2) is 34.7 Å². The summed E-state index contributed by atoms with van der Waals surface area (Å²) in [5, 5.41) is 6.59. The van der Waals surface area contributed by atoms with Crippen molar-refractivity contribution in [1.82, 2.24) is 4.98 Å². The summed E-state index contributed by atoms with van der Waals surface area (Å²) in [6.45, 7) is 2.18. The summed E-state index contributed by atoms with van der Waals surface area (Å²) in [4.78, 5) is 4.05. The molecule has 0 amide bonds. The highest BCUT2D eigenvalue weighted by Crippen LogP contribution is 2.16. The average Bonchev–Trinajstić information content (AvgIpc) is 2.78. The standard InChI is InChI=1S/C13H16N4S/c1-2-3-10-4-6-11(7-5-10)8-15-17-13-16-12(14)9-18-13/h4-9H,2-3,14H2,1H3,(H,16,17). The van der Waals surface area contributed by atoms with Gasteiger partial charge < -0.3 is 5.73 Å². The van der Waals surface area contributed by atoms with Crippen molar-refractivity contribution in [3.05, 3.63) is 40.8 Å². The number of aryl methyl sites for hydroxylation is 1. The Morgan fingerprint density at radius 1 is 1.39 bits per heavy atom. The minimum atomic E-state index is 0.515. The summed E-state index contributed by atoms with van der Waals surface area (Å²) in [5.41, 5.74) is 10.8. The lowest BCUT2D eigenvalue weighted by Gasteiger charge is -1.98. The highest BCUT2D eigenvalue weighted by molar-refractivity contribution is 7.14. The molecule has 0 unspecified atom stereocenters. The van der Waals surface area contributed by atoms with Gasteiger partial charge in [-0.15, -0.1) is 11.3 Å². The van der Waals surface area contributed by atoms with Crippen LogP contribution in [0.4, 0.5) is 10.9 Å². The van der Waals surface area contributed by atoms with E-state index in [1.165, 1.54) is 23.3 Å². The SMILES string of the molecule is CCCc1ccc(C=NNc2nc(N)cs2)cc1. The molecule has 5 heteroatoms. The zero-order valence-electron chi connectivity index (χ0n) is 10.3. The third kappa shape index (κ3) is 3.56. The fraction of sp³-hybridized carbons (Fsp3) is 0.231. The molecule has 1 heterocycles. The van der Waals surface area contributed by atoms with E-state index in [2.05, 4.69) is 46.7 Å². The normalized spacial score (nSPS) is 10.9. The fourth-order valence-electron chi connectivity index (χ4n) is 1.56. The third-order valence-corrected chi connectivity index (χ3v) is 3.18. The van der Waals surface area contributed by atoms with Crippen LogP contribution in [0.5, 0.6) is 0 Å². The largest absolute Gasteiger partial charge is 0.383 e. The molecular weight excluding hydrogens is 244 g/mol. The van der Waals surface area contributed by atoms with Gasteiger partial charge in [0, 0.05) is 5.38 Å². The summed E-state index contributed by atoms with van der Waals surface area (Å²) in [6.07, 6.45) is 4.06. The van der Waals surface area contributed by atoms with Gasteiger partial charge in [-0.2, -0.15) is 5.10 Å². The maximum absolute atomic E-state index is 5.51. The molecule has 18 heavy (non-hydrogen) atoms. The number of nitrogens with one attached hydrogen (secondary N) is 1. The first-order chi connectivity index (χ1) is 8.78. The van der Waals surface area contributed by atoms with Gasteiger partial charge in [0.15, 0.2) is 0 Å². The number of hydrogen-bond donors (Lipinski definition) is 2. The molecule has 0 bridgehead atoms. The van der Waals surface area contributed by atoms with Crippen LogP contribution in [-0.4, -0.2) is 11.2 Å². The first kappa shape index (κ1) is 12.6. The van der Waals surface area contributed by atoms with Crippen LogP contribution < -0.4 is 11.2 Å². The maximum Gasteiger partial charge on any atom is 0.205 e. The fourth-order valence-corrected chi connectivity index (χ4v) is 2.11. The molecule has 2 aromatic rings. The number of benzene rings is 1. The molecule has 4 nitrogen and oxygen atoms in total. The first-order valence-electron chi connectivity index (χ1n) is 5.87. The molecule has 2 rings (SSSR count). The molecule has 0 saturated carbocycles. The number of nitrogens with two attached hydrogens (primary N) is 1. The number of thiazole rings is 1. The smallest absolute Gasteiger partial charge is 0.205 e. The summed E-state index contributed by atoms with van der Waals surface area (Å²) in [5.74, 6) is 0.515. The molecule has 1 aromatic carbocycles. The molecule has 0 radical (unpaired) electrons. The van der Waals surface area contributed by atoms with Crippen LogP contribution in [0.2, 0.25) is 0 Å². The second-order valence-electron chi connectivity index (χ2n) is 3.94. The van der Waals surface area contributed by atoms with Crippen molar-refractivity contribution in [1.29, 1.82) is 0 Å². The number of rotatable bonds is 5. The van der Waals surface area contributed by atoms with Crippen molar-refractivity contribution in [2.45, 2.75) is 19.8 Å². The van der Waals surface area contributed by atoms with Crippen LogP contribution in [0.25, 0.3) is 0 Å². The molecule has 0 atom stereocenters. The van der Waals surface area contributed by atoms with E-state index < -0.39 is 0 Å². The highest BCUT2D eigenvalue weighted by Gasteiger charge is 1.95. The number of hydrogen-bond acceptors (Lipinski definition) is 5. The monoisotopic (exact) mass is 260 g/mol. The predicted molar refractivity (Wildman–Crippen MR) is 78.2 cm³/mol. The maximum atomic E-state index is 5.51. The molecule has 0 fully saturated rings. The quantitative estimate of drug-likeness (QED) is 0.641. The highest BCUT2D eigenvalue weighted by atomic mass is 32.1. The molecular formula is C13H16N4S. The summed E-state index contributed by atoms with van der Waals surface area (Å²) < 4.78 is 0. The van der Waals surface area contributed by atoms with Gasteiger partial charge in [0.25, 0.3) is 0 Å². The van der Waals surface area contributed by atoms with Gasteiger partial charge in [0.2, 0.25) is 5.13 Å². The molecule has 0 aliphatic heterocycles. The van der Waals surface area contributed by atoms with Crippen molar-refractivity contribution < 1.29 is 0 Å². The van der Waals surface area contributed by atoms with Gasteiger partial charge in [-0.3, -0.25) is 5.43 Å². The molecule has 0 aliphatic carbocycles. The predicted octanol–water partition coefficient (Wildman–Crippen LogP) is 3.12. The summed E-state index contributed by atoms with van der Waals surface area (Å²) >= 11 is 1.43. The first-order valence-corrected chi connectivity index (χ1v) is 6.75. The van der Waals surface area contributed by atoms with E-state index in [1.807, 2.05) is 0 Å². The van der Waals surface area contributed by atoms with Crippen LogP contribution >= 0.6 is 11.3 Å². The van der Waals surface area contributed by atoms with E-state index in [0.717, 1.165) is 12.0 Å². The van der Waals surface area contributed by atoms with E-state index in [9.17, 15) is 0 Å². The lowest BCUT2D eigenvalue weighted by molar-refractivity contribution is 0.922. The van der Waals surface area contributed by atoms with E-state index in [-0.39, 0.29) is 0 Å². The number of aromatic nitrogens is 1. The Labute approximate surface area is 111 Å². The number of nitrogen functional groups attached to an aromatic ring is 1. The molecule has 3 N–H and O–H groups in total. The molecule has 1 aromatic heterocycles.